The van der Waals surface area contributed by atoms with Crippen LogP contribution in [0, 0.1) is 18.8 Å². The van der Waals surface area contributed by atoms with Crippen molar-refractivity contribution in [3.05, 3.63) is 35.8 Å². The SMILES string of the molecule is Cc1nc(S(C)(=O)=O)ccc1OCC1CCC(N2CCN(c3ncc(C(F)(F)F)cn3)CC2)CC1C. The summed E-state index contributed by atoms with van der Waals surface area (Å²) in [6, 6.07) is 3.62. The van der Waals surface area contributed by atoms with Crippen LogP contribution in [-0.2, 0) is 16.0 Å². The van der Waals surface area contributed by atoms with Gasteiger partial charge in [-0.3, -0.25) is 4.90 Å². The molecular formula is C24H32F3N5O3S. The molecule has 1 aliphatic carbocycles. The van der Waals surface area contributed by atoms with E-state index in [-0.39, 0.29) is 5.03 Å². The second-order valence-electron chi connectivity index (χ2n) is 9.81. The average Bonchev–Trinajstić information content (AvgIpc) is 2.83. The van der Waals surface area contributed by atoms with Crippen molar-refractivity contribution in [2.45, 2.75) is 50.4 Å². The molecule has 2 fully saturated rings. The van der Waals surface area contributed by atoms with E-state index in [4.69, 9.17) is 4.74 Å². The third kappa shape index (κ3) is 6.26. The molecule has 3 atom stereocenters. The van der Waals surface area contributed by atoms with E-state index in [1.165, 1.54) is 6.07 Å². The van der Waals surface area contributed by atoms with Gasteiger partial charge in [0.25, 0.3) is 0 Å². The number of rotatable bonds is 6. The van der Waals surface area contributed by atoms with E-state index in [0.29, 0.717) is 55.0 Å². The monoisotopic (exact) mass is 527 g/mol. The Bertz CT molecular complexity index is 1150. The van der Waals surface area contributed by atoms with E-state index < -0.39 is 21.6 Å². The average molecular weight is 528 g/mol. The van der Waals surface area contributed by atoms with Gasteiger partial charge in [0.1, 0.15) is 5.75 Å². The van der Waals surface area contributed by atoms with Gasteiger partial charge in [0.15, 0.2) is 14.9 Å². The molecule has 0 bridgehead atoms. The highest BCUT2D eigenvalue weighted by molar-refractivity contribution is 7.90. The molecule has 0 N–H and O–H groups in total. The lowest BCUT2D eigenvalue weighted by atomic mass is 9.77. The van der Waals surface area contributed by atoms with Gasteiger partial charge in [-0.05, 0) is 50.2 Å². The van der Waals surface area contributed by atoms with Crippen molar-refractivity contribution in [3.8, 4) is 5.75 Å². The Balaban J connectivity index is 1.25. The Morgan fingerprint density at radius 1 is 1.08 bits per heavy atom. The van der Waals surface area contributed by atoms with E-state index in [9.17, 15) is 21.6 Å². The van der Waals surface area contributed by atoms with E-state index >= 15 is 0 Å². The maximum atomic E-state index is 12.8. The highest BCUT2D eigenvalue weighted by atomic mass is 32.2. The number of pyridine rings is 1. The largest absolute Gasteiger partial charge is 0.491 e. The summed E-state index contributed by atoms with van der Waals surface area (Å²) >= 11 is 0. The van der Waals surface area contributed by atoms with Gasteiger partial charge in [0.2, 0.25) is 5.95 Å². The molecular weight excluding hydrogens is 495 g/mol. The predicted molar refractivity (Wildman–Crippen MR) is 129 cm³/mol. The minimum atomic E-state index is -4.43. The molecule has 36 heavy (non-hydrogen) atoms. The van der Waals surface area contributed by atoms with Crippen LogP contribution in [0.2, 0.25) is 0 Å². The Kier molecular flexibility index (Phi) is 7.75. The lowest BCUT2D eigenvalue weighted by molar-refractivity contribution is -0.138. The number of aryl methyl sites for hydroxylation is 1. The second kappa shape index (κ2) is 10.5. The topological polar surface area (TPSA) is 88.5 Å². The number of piperazine rings is 1. The molecule has 0 aromatic carbocycles. The number of hydrogen-bond donors (Lipinski definition) is 0. The number of anilines is 1. The molecule has 2 aliphatic rings. The summed E-state index contributed by atoms with van der Waals surface area (Å²) in [6.07, 6.45) is 1.53. The molecule has 0 amide bonds. The van der Waals surface area contributed by atoms with Crippen LogP contribution in [0.5, 0.6) is 5.75 Å². The van der Waals surface area contributed by atoms with Crippen molar-refractivity contribution in [3.63, 3.8) is 0 Å². The predicted octanol–water partition coefficient (Wildman–Crippen LogP) is 3.61. The molecule has 0 radical (unpaired) electrons. The normalized spacial score (nSPS) is 24.1. The van der Waals surface area contributed by atoms with Crippen molar-refractivity contribution in [1.29, 1.82) is 0 Å². The van der Waals surface area contributed by atoms with Gasteiger partial charge in [0, 0.05) is 50.9 Å². The van der Waals surface area contributed by atoms with Crippen LogP contribution in [0.3, 0.4) is 0 Å². The van der Waals surface area contributed by atoms with Crippen LogP contribution in [0.25, 0.3) is 0 Å². The van der Waals surface area contributed by atoms with Crippen LogP contribution in [0.1, 0.15) is 37.4 Å². The first-order valence-corrected chi connectivity index (χ1v) is 14.0. The zero-order valence-electron chi connectivity index (χ0n) is 20.7. The number of halogens is 3. The van der Waals surface area contributed by atoms with Crippen molar-refractivity contribution < 1.29 is 26.3 Å². The number of nitrogens with zero attached hydrogens (tertiary/aromatic N) is 5. The minimum Gasteiger partial charge on any atom is -0.491 e. The Morgan fingerprint density at radius 3 is 2.31 bits per heavy atom. The smallest absolute Gasteiger partial charge is 0.419 e. The third-order valence-corrected chi connectivity index (χ3v) is 8.23. The molecule has 2 aromatic heterocycles. The van der Waals surface area contributed by atoms with E-state index in [0.717, 1.165) is 51.0 Å². The summed E-state index contributed by atoms with van der Waals surface area (Å²) in [5, 5.41) is 0.0474. The van der Waals surface area contributed by atoms with Crippen molar-refractivity contribution in [2.24, 2.45) is 11.8 Å². The summed E-state index contributed by atoms with van der Waals surface area (Å²) in [7, 11) is -3.35. The Labute approximate surface area is 209 Å². The van der Waals surface area contributed by atoms with Crippen LogP contribution < -0.4 is 9.64 Å². The zero-order valence-corrected chi connectivity index (χ0v) is 21.5. The maximum Gasteiger partial charge on any atom is 0.419 e. The number of sulfone groups is 1. The third-order valence-electron chi connectivity index (χ3n) is 7.24. The summed E-state index contributed by atoms with van der Waals surface area (Å²) in [6.45, 7) is 7.55. The Hall–Kier alpha value is -2.47. The quantitative estimate of drug-likeness (QED) is 0.563. The maximum absolute atomic E-state index is 12.8. The molecule has 0 spiro atoms. The molecule has 3 unspecified atom stereocenters. The first-order chi connectivity index (χ1) is 16.9. The molecule has 1 saturated carbocycles. The summed E-state index contributed by atoms with van der Waals surface area (Å²) in [5.74, 6) is 1.81. The van der Waals surface area contributed by atoms with E-state index in [1.807, 2.05) is 4.90 Å². The molecule has 1 aliphatic heterocycles. The molecule has 12 heteroatoms. The lowest BCUT2D eigenvalue weighted by Gasteiger charge is -2.43. The van der Waals surface area contributed by atoms with Crippen molar-refractivity contribution in [1.82, 2.24) is 19.9 Å². The van der Waals surface area contributed by atoms with Gasteiger partial charge >= 0.3 is 6.18 Å². The highest BCUT2D eigenvalue weighted by Gasteiger charge is 2.34. The number of aromatic nitrogens is 3. The highest BCUT2D eigenvalue weighted by Crippen LogP contribution is 2.34. The zero-order chi connectivity index (χ0) is 26.1. The molecule has 1 saturated heterocycles. The fourth-order valence-corrected chi connectivity index (χ4v) is 5.63. The number of hydrogen-bond acceptors (Lipinski definition) is 8. The van der Waals surface area contributed by atoms with Gasteiger partial charge in [-0.25, -0.2) is 23.4 Å². The second-order valence-corrected chi connectivity index (χ2v) is 11.8. The van der Waals surface area contributed by atoms with Gasteiger partial charge in [0.05, 0.1) is 17.9 Å². The van der Waals surface area contributed by atoms with Crippen molar-refractivity contribution >= 4 is 15.8 Å². The van der Waals surface area contributed by atoms with E-state index in [2.05, 4.69) is 26.8 Å². The minimum absolute atomic E-state index is 0.0474. The summed E-state index contributed by atoms with van der Waals surface area (Å²) < 4.78 is 67.7. The number of alkyl halides is 3. The van der Waals surface area contributed by atoms with Crippen LogP contribution in [0.4, 0.5) is 19.1 Å². The van der Waals surface area contributed by atoms with Gasteiger partial charge in [-0.1, -0.05) is 6.92 Å². The van der Waals surface area contributed by atoms with Gasteiger partial charge in [-0.2, -0.15) is 13.2 Å². The molecule has 198 valence electrons. The summed E-state index contributed by atoms with van der Waals surface area (Å²) in [5.41, 5.74) is -0.272. The standard InChI is InChI=1S/C24H32F3N5O3S/c1-16-12-20(5-4-18(16)15-35-21-6-7-22(30-17(21)2)36(3,33)34)31-8-10-32(11-9-31)23-28-13-19(14-29-23)24(25,26)27/h6-7,13-14,16,18,20H,4-5,8-12,15H2,1-3H3. The molecule has 3 heterocycles. The van der Waals surface area contributed by atoms with Crippen LogP contribution >= 0.6 is 0 Å². The van der Waals surface area contributed by atoms with Crippen molar-refractivity contribution in [2.75, 3.05) is 43.9 Å². The van der Waals surface area contributed by atoms with Gasteiger partial charge < -0.3 is 9.64 Å². The first kappa shape index (κ1) is 26.6. The first-order valence-electron chi connectivity index (χ1n) is 12.1. The van der Waals surface area contributed by atoms with Crippen LogP contribution in [0.15, 0.2) is 29.6 Å². The van der Waals surface area contributed by atoms with E-state index in [1.54, 1.807) is 13.0 Å². The Morgan fingerprint density at radius 2 is 1.75 bits per heavy atom. The van der Waals surface area contributed by atoms with Gasteiger partial charge in [-0.15, -0.1) is 0 Å². The molecule has 2 aromatic rings. The van der Waals surface area contributed by atoms with Crippen LogP contribution in [-0.4, -0.2) is 73.4 Å². The molecule has 4 rings (SSSR count). The fraction of sp³-hybridized carbons (Fsp3) is 0.625. The summed E-state index contributed by atoms with van der Waals surface area (Å²) in [4.78, 5) is 16.4. The number of ether oxygens (including phenoxy) is 1. The lowest BCUT2D eigenvalue weighted by Crippen LogP contribution is -2.52. The fourth-order valence-electron chi connectivity index (χ4n) is 5.01. The molecule has 8 nitrogen and oxygen atoms in total.